The number of nitrogens with two attached hydrogens (primary N) is 1. The number of carboxylic acid groups (broad SMARTS) is 1. The molecule has 2 aromatic rings. The number of fused-ring (bicyclic) bond motifs is 1. The minimum Gasteiger partial charge on any atom is -0.481 e. The van der Waals surface area contributed by atoms with Gasteiger partial charge in [-0.3, -0.25) is 4.79 Å². The minimum atomic E-state index is -0.824. The molecule has 3 heteroatoms. The molecule has 0 radical (unpaired) electrons. The minimum absolute atomic E-state index is 0.523. The summed E-state index contributed by atoms with van der Waals surface area (Å²) in [7, 11) is 0. The van der Waals surface area contributed by atoms with E-state index >= 15 is 0 Å². The molecule has 1 atom stereocenters. The topological polar surface area (TPSA) is 63.3 Å². The molecule has 0 amide bonds. The second-order valence-electron chi connectivity index (χ2n) is 3.85. The quantitative estimate of drug-likeness (QED) is 0.757. The summed E-state index contributed by atoms with van der Waals surface area (Å²) in [5.41, 5.74) is 7.33. The number of nitrogen functional groups attached to an aromatic ring is 1. The monoisotopic (exact) mass is 215 g/mol. The lowest BCUT2D eigenvalue weighted by atomic mass is 9.94. The van der Waals surface area contributed by atoms with Crippen LogP contribution < -0.4 is 5.73 Å². The fraction of sp³-hybridized carbons (Fsp3) is 0.154. The molecule has 0 unspecified atom stereocenters. The second-order valence-corrected chi connectivity index (χ2v) is 3.85. The summed E-state index contributed by atoms with van der Waals surface area (Å²) >= 11 is 0. The van der Waals surface area contributed by atoms with Crippen molar-refractivity contribution >= 4 is 22.4 Å². The van der Waals surface area contributed by atoms with E-state index in [0.29, 0.717) is 5.69 Å². The van der Waals surface area contributed by atoms with Crippen molar-refractivity contribution in [3.63, 3.8) is 0 Å². The largest absolute Gasteiger partial charge is 0.481 e. The summed E-state index contributed by atoms with van der Waals surface area (Å²) in [6.45, 7) is 1.68. The molecule has 0 heterocycles. The van der Waals surface area contributed by atoms with Gasteiger partial charge in [0, 0.05) is 11.1 Å². The maximum absolute atomic E-state index is 11.0. The highest BCUT2D eigenvalue weighted by Gasteiger charge is 2.16. The van der Waals surface area contributed by atoms with E-state index < -0.39 is 11.9 Å². The summed E-state index contributed by atoms with van der Waals surface area (Å²) in [6.07, 6.45) is 0. The van der Waals surface area contributed by atoms with Gasteiger partial charge in [0.25, 0.3) is 0 Å². The Labute approximate surface area is 93.5 Å². The second kappa shape index (κ2) is 3.85. The first-order chi connectivity index (χ1) is 7.61. The third-order valence-corrected chi connectivity index (χ3v) is 2.83. The van der Waals surface area contributed by atoms with Gasteiger partial charge in [-0.15, -0.1) is 0 Å². The normalized spacial score (nSPS) is 12.6. The smallest absolute Gasteiger partial charge is 0.310 e. The highest BCUT2D eigenvalue weighted by molar-refractivity contribution is 5.97. The van der Waals surface area contributed by atoms with Gasteiger partial charge in [-0.1, -0.05) is 30.3 Å². The van der Waals surface area contributed by atoms with Gasteiger partial charge in [-0.2, -0.15) is 0 Å². The molecule has 3 N–H and O–H groups in total. The molecule has 82 valence electrons. The van der Waals surface area contributed by atoms with Gasteiger partial charge in [0.15, 0.2) is 0 Å². The van der Waals surface area contributed by atoms with Crippen molar-refractivity contribution in [2.24, 2.45) is 0 Å². The highest BCUT2D eigenvalue weighted by Crippen LogP contribution is 2.29. The van der Waals surface area contributed by atoms with E-state index in [0.717, 1.165) is 16.3 Å². The molecule has 2 rings (SSSR count). The Kier molecular flexibility index (Phi) is 2.52. The Morgan fingerprint density at radius 2 is 1.81 bits per heavy atom. The van der Waals surface area contributed by atoms with Crippen molar-refractivity contribution in [3.8, 4) is 0 Å². The van der Waals surface area contributed by atoms with Crippen LogP contribution in [0.25, 0.3) is 10.8 Å². The van der Waals surface area contributed by atoms with E-state index in [1.165, 1.54) is 0 Å². The Bertz CT molecular complexity index is 549. The van der Waals surface area contributed by atoms with Crippen LogP contribution in [-0.2, 0) is 4.79 Å². The van der Waals surface area contributed by atoms with E-state index in [1.807, 2.05) is 24.3 Å². The van der Waals surface area contributed by atoms with E-state index in [-0.39, 0.29) is 0 Å². The van der Waals surface area contributed by atoms with Gasteiger partial charge in [0.2, 0.25) is 0 Å². The molecule has 0 aromatic heterocycles. The first-order valence-electron chi connectivity index (χ1n) is 5.11. The molecule has 0 saturated carbocycles. The van der Waals surface area contributed by atoms with Gasteiger partial charge in [-0.25, -0.2) is 0 Å². The van der Waals surface area contributed by atoms with E-state index in [4.69, 9.17) is 10.8 Å². The number of benzene rings is 2. The van der Waals surface area contributed by atoms with Crippen molar-refractivity contribution in [2.75, 3.05) is 5.73 Å². The predicted octanol–water partition coefficient (Wildman–Crippen LogP) is 2.61. The Balaban J connectivity index is 2.72. The molecule has 16 heavy (non-hydrogen) atoms. The predicted molar refractivity (Wildman–Crippen MR) is 64.4 cm³/mol. The van der Waals surface area contributed by atoms with E-state index in [1.54, 1.807) is 19.1 Å². The number of carbonyl (C=O) groups is 1. The van der Waals surface area contributed by atoms with Gasteiger partial charge in [0.05, 0.1) is 5.92 Å². The zero-order valence-corrected chi connectivity index (χ0v) is 8.97. The number of carboxylic acids is 1. The molecule has 0 bridgehead atoms. The van der Waals surface area contributed by atoms with Crippen LogP contribution in [0.5, 0.6) is 0 Å². The average molecular weight is 215 g/mol. The van der Waals surface area contributed by atoms with Crippen LogP contribution >= 0.6 is 0 Å². The van der Waals surface area contributed by atoms with Crippen LogP contribution in [0.15, 0.2) is 36.4 Å². The Morgan fingerprint density at radius 1 is 1.19 bits per heavy atom. The highest BCUT2D eigenvalue weighted by atomic mass is 16.4. The van der Waals surface area contributed by atoms with Crippen LogP contribution in [0, 0.1) is 0 Å². The van der Waals surface area contributed by atoms with Crippen molar-refractivity contribution in [3.05, 3.63) is 42.0 Å². The molecular weight excluding hydrogens is 202 g/mol. The zero-order chi connectivity index (χ0) is 11.7. The summed E-state index contributed by atoms with van der Waals surface area (Å²) < 4.78 is 0. The average Bonchev–Trinajstić information content (AvgIpc) is 2.29. The Hall–Kier alpha value is -2.03. The molecule has 3 nitrogen and oxygen atoms in total. The first kappa shape index (κ1) is 10.5. The lowest BCUT2D eigenvalue weighted by Crippen LogP contribution is -2.08. The maximum Gasteiger partial charge on any atom is 0.310 e. The molecular formula is C13H13NO2. The summed E-state index contributed by atoms with van der Waals surface area (Å²) in [6, 6.07) is 11.1. The lowest BCUT2D eigenvalue weighted by Gasteiger charge is -2.11. The standard InChI is InChI=1S/C13H13NO2/c1-8(13(15)16)9-6-7-12(14)11-5-3-2-4-10(9)11/h2-8H,14H2,1H3,(H,15,16)/t8-/m0/s1. The summed E-state index contributed by atoms with van der Waals surface area (Å²) in [5, 5.41) is 10.9. The molecule has 0 fully saturated rings. The summed E-state index contributed by atoms with van der Waals surface area (Å²) in [4.78, 5) is 11.0. The third-order valence-electron chi connectivity index (χ3n) is 2.83. The first-order valence-corrected chi connectivity index (χ1v) is 5.11. The molecule has 0 spiro atoms. The number of rotatable bonds is 2. The van der Waals surface area contributed by atoms with Gasteiger partial charge < -0.3 is 10.8 Å². The SMILES string of the molecule is C[C@H](C(=O)O)c1ccc(N)c2ccccc12. The maximum atomic E-state index is 11.0. The van der Waals surface area contributed by atoms with Gasteiger partial charge in [0.1, 0.15) is 0 Å². The van der Waals surface area contributed by atoms with Crippen molar-refractivity contribution in [2.45, 2.75) is 12.8 Å². The van der Waals surface area contributed by atoms with Crippen molar-refractivity contribution < 1.29 is 9.90 Å². The third kappa shape index (κ3) is 1.60. The van der Waals surface area contributed by atoms with Gasteiger partial charge >= 0.3 is 5.97 Å². The number of hydrogen-bond acceptors (Lipinski definition) is 2. The number of hydrogen-bond donors (Lipinski definition) is 2. The van der Waals surface area contributed by atoms with Crippen LogP contribution in [0.1, 0.15) is 18.4 Å². The molecule has 0 aliphatic heterocycles. The van der Waals surface area contributed by atoms with Crippen LogP contribution in [0.2, 0.25) is 0 Å². The number of aliphatic carboxylic acids is 1. The summed E-state index contributed by atoms with van der Waals surface area (Å²) in [5.74, 6) is -1.35. The lowest BCUT2D eigenvalue weighted by molar-refractivity contribution is -0.138. The molecule has 0 aliphatic rings. The number of anilines is 1. The van der Waals surface area contributed by atoms with Crippen molar-refractivity contribution in [1.82, 2.24) is 0 Å². The van der Waals surface area contributed by atoms with Crippen LogP contribution in [-0.4, -0.2) is 11.1 Å². The Morgan fingerprint density at radius 3 is 2.44 bits per heavy atom. The van der Waals surface area contributed by atoms with Crippen LogP contribution in [0.4, 0.5) is 5.69 Å². The van der Waals surface area contributed by atoms with E-state index in [2.05, 4.69) is 0 Å². The molecule has 0 saturated heterocycles. The molecule has 0 aliphatic carbocycles. The van der Waals surface area contributed by atoms with Crippen molar-refractivity contribution in [1.29, 1.82) is 0 Å². The van der Waals surface area contributed by atoms with Crippen LogP contribution in [0.3, 0.4) is 0 Å². The fourth-order valence-electron chi connectivity index (χ4n) is 1.86. The van der Waals surface area contributed by atoms with Gasteiger partial charge in [-0.05, 0) is 23.9 Å². The molecule has 2 aromatic carbocycles. The zero-order valence-electron chi connectivity index (χ0n) is 8.97. The van der Waals surface area contributed by atoms with E-state index in [9.17, 15) is 4.79 Å². The fourth-order valence-corrected chi connectivity index (χ4v) is 1.86.